The Kier molecular flexibility index (Phi) is 8.78. The Morgan fingerprint density at radius 2 is 1.14 bits per heavy atom. The summed E-state index contributed by atoms with van der Waals surface area (Å²) in [4.78, 5) is 18.4. The van der Waals surface area contributed by atoms with Gasteiger partial charge in [0.2, 0.25) is 5.95 Å². The van der Waals surface area contributed by atoms with E-state index in [0.717, 1.165) is 73.0 Å². The Hall–Kier alpha value is -8.19. The van der Waals surface area contributed by atoms with E-state index >= 15 is 0 Å². The molecule has 0 saturated heterocycles. The van der Waals surface area contributed by atoms with Crippen LogP contribution in [0.15, 0.2) is 224 Å². The van der Waals surface area contributed by atoms with Gasteiger partial charge in [-0.25, -0.2) is 15.0 Å². The number of thiazole rings is 1. The Morgan fingerprint density at radius 3 is 1.89 bits per heavy atom. The minimum absolute atomic E-state index is 0.159. The summed E-state index contributed by atoms with van der Waals surface area (Å²) in [5.74, 6) is 0.817. The van der Waals surface area contributed by atoms with E-state index in [1.807, 2.05) is 0 Å². The van der Waals surface area contributed by atoms with Crippen molar-refractivity contribution in [2.45, 2.75) is 12.3 Å². The molecule has 306 valence electrons. The van der Waals surface area contributed by atoms with E-state index in [9.17, 15) is 0 Å². The highest BCUT2D eigenvalue weighted by atomic mass is 32.1. The van der Waals surface area contributed by atoms with Crippen LogP contribution in [0.4, 0.5) is 11.6 Å². The van der Waals surface area contributed by atoms with Crippen molar-refractivity contribution in [2.75, 3.05) is 4.90 Å². The fraction of sp³-hybridized carbons (Fsp3) is 0.0339. The summed E-state index contributed by atoms with van der Waals surface area (Å²) in [6.07, 6.45) is 7.63. The maximum atomic E-state index is 5.49. The van der Waals surface area contributed by atoms with E-state index in [-0.39, 0.29) is 5.92 Å². The molecule has 0 N–H and O–H groups in total. The molecule has 1 unspecified atom stereocenters. The largest absolute Gasteiger partial charge is 0.307 e. The highest BCUT2D eigenvalue weighted by Crippen LogP contribution is 2.54. The van der Waals surface area contributed by atoms with Gasteiger partial charge >= 0.3 is 0 Å². The minimum atomic E-state index is 0.159. The maximum Gasteiger partial charge on any atom is 0.235 e. The lowest BCUT2D eigenvalue weighted by atomic mass is 9.91. The quantitative estimate of drug-likeness (QED) is 0.160. The molecule has 8 aromatic carbocycles. The summed E-state index contributed by atoms with van der Waals surface area (Å²) in [7, 11) is 0. The van der Waals surface area contributed by atoms with Gasteiger partial charge in [-0.15, -0.1) is 11.3 Å². The van der Waals surface area contributed by atoms with Crippen LogP contribution in [-0.2, 0) is 0 Å². The monoisotopic (exact) mass is 849 g/mol. The number of anilines is 2. The number of hydrogen-bond acceptors (Lipinski definition) is 5. The highest BCUT2D eigenvalue weighted by molar-refractivity contribution is 7.22. The number of allylic oxidation sites excluding steroid dienone is 4. The van der Waals surface area contributed by atoms with Gasteiger partial charge in [-0.2, -0.15) is 0 Å². The van der Waals surface area contributed by atoms with Gasteiger partial charge in [-0.05, 0) is 65.1 Å². The van der Waals surface area contributed by atoms with Crippen LogP contribution < -0.4 is 4.90 Å². The van der Waals surface area contributed by atoms with Crippen LogP contribution in [-0.4, -0.2) is 19.5 Å². The van der Waals surface area contributed by atoms with E-state index in [1.54, 1.807) is 11.3 Å². The van der Waals surface area contributed by atoms with Crippen LogP contribution in [0.5, 0.6) is 0 Å². The molecule has 0 amide bonds. The first-order valence-electron chi connectivity index (χ1n) is 22.1. The number of rotatable bonds is 7. The average molecular weight is 850 g/mol. The van der Waals surface area contributed by atoms with Crippen molar-refractivity contribution in [2.24, 2.45) is 0 Å². The third kappa shape index (κ3) is 6.25. The fourth-order valence-electron chi connectivity index (χ4n) is 9.89. The van der Waals surface area contributed by atoms with E-state index in [1.165, 1.54) is 43.4 Å². The zero-order valence-corrected chi connectivity index (χ0v) is 36.0. The molecule has 0 radical (unpaired) electrons. The van der Waals surface area contributed by atoms with Crippen molar-refractivity contribution in [3.05, 3.63) is 230 Å². The summed E-state index contributed by atoms with van der Waals surface area (Å²) in [6.45, 7) is 0. The molecule has 1 aliphatic carbocycles. The Morgan fingerprint density at radius 1 is 0.508 bits per heavy atom. The van der Waals surface area contributed by atoms with Crippen molar-refractivity contribution in [1.29, 1.82) is 0 Å². The van der Waals surface area contributed by atoms with Crippen molar-refractivity contribution in [3.8, 4) is 61.0 Å². The minimum Gasteiger partial charge on any atom is -0.307 e. The third-order valence-electron chi connectivity index (χ3n) is 13.0. The molecule has 1 atom stereocenters. The first-order chi connectivity index (χ1) is 32.2. The third-order valence-corrected chi connectivity index (χ3v) is 14.1. The SMILES string of the molecule is C1=CCC2C(=C1)N(c1nc(-c3ccccc3)cc(-c3ccc(-c4ccccc4)cc3)n1)c1c2ccc2c3ccccc3n(-c3ccc(-c4cccc5nc(-c6ccccc6)sc45)cc3)c12. The first kappa shape index (κ1) is 37.4. The van der Waals surface area contributed by atoms with E-state index in [4.69, 9.17) is 15.0 Å². The van der Waals surface area contributed by atoms with Crippen LogP contribution in [0.3, 0.4) is 0 Å². The van der Waals surface area contributed by atoms with E-state index < -0.39 is 0 Å². The summed E-state index contributed by atoms with van der Waals surface area (Å²) in [5, 5.41) is 3.43. The molecule has 6 heteroatoms. The van der Waals surface area contributed by atoms with Crippen LogP contribution in [0.2, 0.25) is 0 Å². The fourth-order valence-corrected chi connectivity index (χ4v) is 11.0. The normalized spacial score (nSPS) is 14.2. The number of fused-ring (bicyclic) bond motifs is 8. The summed E-state index contributed by atoms with van der Waals surface area (Å²) < 4.78 is 3.65. The average Bonchev–Trinajstić information content (AvgIpc) is 4.08. The molecule has 65 heavy (non-hydrogen) atoms. The standard InChI is InChI=1S/C59H39N5S/c1-4-15-38(16-5-1)39-27-29-42(30-28-39)52-37-51(41-17-6-2-7-18-41)61-59(62-52)64-54-26-13-11-22-47(54)49-36-35-48-46-21-10-12-25-53(46)63(55(48)56(49)64)44-33-31-40(32-34-44)45-23-14-24-50-57(45)65-58(60-50)43-19-8-3-9-20-43/h1-21,23-37,47H,22H2. The number of para-hydroxylation sites is 1. The second-order valence-corrected chi connectivity index (χ2v) is 17.7. The van der Waals surface area contributed by atoms with Gasteiger partial charge in [0.1, 0.15) is 5.01 Å². The topological polar surface area (TPSA) is 46.8 Å². The molecular formula is C59H39N5S. The van der Waals surface area contributed by atoms with Gasteiger partial charge in [0, 0.05) is 50.3 Å². The zero-order valence-electron chi connectivity index (χ0n) is 35.2. The highest BCUT2D eigenvalue weighted by Gasteiger charge is 2.39. The molecule has 13 rings (SSSR count). The number of benzene rings is 8. The van der Waals surface area contributed by atoms with Gasteiger partial charge in [0.15, 0.2) is 0 Å². The lowest BCUT2D eigenvalue weighted by Gasteiger charge is -2.24. The second kappa shape index (κ2) is 15.3. The van der Waals surface area contributed by atoms with Gasteiger partial charge in [-0.3, -0.25) is 4.90 Å². The van der Waals surface area contributed by atoms with Crippen molar-refractivity contribution < 1.29 is 0 Å². The molecule has 4 heterocycles. The van der Waals surface area contributed by atoms with Crippen LogP contribution in [0.25, 0.3) is 93.0 Å². The van der Waals surface area contributed by atoms with Crippen molar-refractivity contribution in [3.63, 3.8) is 0 Å². The lowest BCUT2D eigenvalue weighted by molar-refractivity contribution is 0.813. The predicted molar refractivity (Wildman–Crippen MR) is 270 cm³/mol. The van der Waals surface area contributed by atoms with Crippen LogP contribution in [0.1, 0.15) is 17.9 Å². The lowest BCUT2D eigenvalue weighted by Crippen LogP contribution is -2.18. The van der Waals surface area contributed by atoms with Gasteiger partial charge in [0.25, 0.3) is 0 Å². The smallest absolute Gasteiger partial charge is 0.235 e. The number of nitrogens with zero attached hydrogens (tertiary/aromatic N) is 5. The molecule has 0 bridgehead atoms. The van der Waals surface area contributed by atoms with Crippen molar-refractivity contribution >= 4 is 55.0 Å². The van der Waals surface area contributed by atoms with E-state index in [0.29, 0.717) is 5.95 Å². The molecule has 11 aromatic rings. The summed E-state index contributed by atoms with van der Waals surface area (Å²) >= 11 is 1.75. The van der Waals surface area contributed by atoms with Crippen LogP contribution >= 0.6 is 11.3 Å². The maximum absolute atomic E-state index is 5.49. The molecule has 0 saturated carbocycles. The van der Waals surface area contributed by atoms with Gasteiger partial charge in [0.05, 0.1) is 38.3 Å². The Balaban J connectivity index is 0.993. The van der Waals surface area contributed by atoms with Gasteiger partial charge < -0.3 is 4.57 Å². The molecule has 0 fully saturated rings. The second-order valence-electron chi connectivity index (χ2n) is 16.7. The number of hydrogen-bond donors (Lipinski definition) is 0. The first-order valence-corrected chi connectivity index (χ1v) is 22.9. The predicted octanol–water partition coefficient (Wildman–Crippen LogP) is 15.6. The molecule has 5 nitrogen and oxygen atoms in total. The summed E-state index contributed by atoms with van der Waals surface area (Å²) in [6, 6.07) is 71.3. The number of aromatic nitrogens is 4. The van der Waals surface area contributed by atoms with Gasteiger partial charge in [-0.1, -0.05) is 182 Å². The zero-order chi connectivity index (χ0) is 42.8. The molecule has 0 spiro atoms. The molecule has 1 aliphatic heterocycles. The van der Waals surface area contributed by atoms with Crippen molar-refractivity contribution in [1.82, 2.24) is 19.5 Å². The Bertz CT molecular complexity index is 3660. The Labute approximate surface area is 380 Å². The van der Waals surface area contributed by atoms with E-state index in [2.05, 4.69) is 228 Å². The van der Waals surface area contributed by atoms with Crippen LogP contribution in [0, 0.1) is 0 Å². The molecule has 3 aromatic heterocycles. The molecular weight excluding hydrogens is 811 g/mol. The summed E-state index contributed by atoms with van der Waals surface area (Å²) in [5.41, 5.74) is 17.7. The molecule has 2 aliphatic rings.